The number of anilines is 1. The zero-order chi connectivity index (χ0) is 20.6. The lowest BCUT2D eigenvalue weighted by Gasteiger charge is -2.06. The molecule has 0 aliphatic rings. The van der Waals surface area contributed by atoms with Gasteiger partial charge in [-0.1, -0.05) is 30.3 Å². The number of carbonyl (C=O) groups excluding carboxylic acids is 1. The van der Waals surface area contributed by atoms with Crippen LogP contribution in [0.1, 0.15) is 23.2 Å². The van der Waals surface area contributed by atoms with Crippen molar-refractivity contribution in [3.05, 3.63) is 71.4 Å². The number of nitrogens with zero attached hydrogens (tertiary/aromatic N) is 3. The van der Waals surface area contributed by atoms with Crippen LogP contribution in [-0.2, 0) is 17.6 Å². The second-order valence-corrected chi connectivity index (χ2v) is 6.54. The lowest BCUT2D eigenvalue weighted by molar-refractivity contribution is -0.120. The van der Waals surface area contributed by atoms with Crippen LogP contribution in [0.25, 0.3) is 5.69 Å². The molecule has 3 aromatic rings. The second kappa shape index (κ2) is 9.42. The highest BCUT2D eigenvalue weighted by Gasteiger charge is 2.16. The zero-order valence-electron chi connectivity index (χ0n) is 16.3. The number of hydrogen-bond acceptors (Lipinski definition) is 5. The summed E-state index contributed by atoms with van der Waals surface area (Å²) in [4.78, 5) is 12.1. The molecule has 7 nitrogen and oxygen atoms in total. The fourth-order valence-corrected chi connectivity index (χ4v) is 3.02. The van der Waals surface area contributed by atoms with Gasteiger partial charge in [0.05, 0.1) is 24.9 Å². The number of para-hydroxylation sites is 1. The number of hydrogen-bond donors (Lipinski definition) is 2. The van der Waals surface area contributed by atoms with E-state index in [1.54, 1.807) is 11.8 Å². The van der Waals surface area contributed by atoms with Crippen molar-refractivity contribution >= 4 is 11.7 Å². The van der Waals surface area contributed by atoms with Crippen molar-refractivity contribution in [2.75, 3.05) is 19.4 Å². The van der Waals surface area contributed by atoms with Crippen LogP contribution in [0.4, 0.5) is 5.82 Å². The lowest BCUT2D eigenvalue weighted by Crippen LogP contribution is -2.26. The van der Waals surface area contributed by atoms with Crippen LogP contribution in [0.3, 0.4) is 0 Å². The maximum Gasteiger partial charge on any atom is 0.224 e. The Labute approximate surface area is 169 Å². The molecule has 0 spiro atoms. The van der Waals surface area contributed by atoms with E-state index in [-0.39, 0.29) is 5.91 Å². The van der Waals surface area contributed by atoms with Crippen LogP contribution in [-0.4, -0.2) is 29.3 Å². The summed E-state index contributed by atoms with van der Waals surface area (Å²) in [6.45, 7) is 0.498. The molecule has 0 saturated heterocycles. The van der Waals surface area contributed by atoms with Crippen LogP contribution in [0.2, 0.25) is 0 Å². The topological polar surface area (TPSA) is 106 Å². The molecular formula is C22H23N5O2. The van der Waals surface area contributed by atoms with E-state index in [2.05, 4.69) is 16.5 Å². The van der Waals surface area contributed by atoms with Gasteiger partial charge in [0.15, 0.2) is 0 Å². The third-order valence-corrected chi connectivity index (χ3v) is 4.54. The Morgan fingerprint density at radius 1 is 1.21 bits per heavy atom. The maximum atomic E-state index is 12.1. The molecule has 1 heterocycles. The van der Waals surface area contributed by atoms with Gasteiger partial charge in [-0.25, -0.2) is 4.68 Å². The van der Waals surface area contributed by atoms with E-state index in [9.17, 15) is 10.1 Å². The highest BCUT2D eigenvalue weighted by Crippen LogP contribution is 2.21. The number of aryl methyl sites for hydroxylation is 1. The van der Waals surface area contributed by atoms with Gasteiger partial charge in [0.2, 0.25) is 5.91 Å². The Morgan fingerprint density at radius 2 is 1.93 bits per heavy atom. The monoisotopic (exact) mass is 389 g/mol. The third-order valence-electron chi connectivity index (χ3n) is 4.54. The van der Waals surface area contributed by atoms with E-state index in [4.69, 9.17) is 10.5 Å². The van der Waals surface area contributed by atoms with Crippen LogP contribution in [0.5, 0.6) is 5.75 Å². The zero-order valence-corrected chi connectivity index (χ0v) is 16.3. The molecule has 0 aliphatic heterocycles. The highest BCUT2D eigenvalue weighted by atomic mass is 16.5. The summed E-state index contributed by atoms with van der Waals surface area (Å²) < 4.78 is 6.69. The number of benzene rings is 2. The normalized spacial score (nSPS) is 10.3. The van der Waals surface area contributed by atoms with Gasteiger partial charge in [-0.3, -0.25) is 4.79 Å². The first-order chi connectivity index (χ1) is 14.1. The Balaban J connectivity index is 1.53. The van der Waals surface area contributed by atoms with Crippen molar-refractivity contribution in [2.24, 2.45) is 0 Å². The smallest absolute Gasteiger partial charge is 0.224 e. The maximum absolute atomic E-state index is 12.1. The SMILES string of the molecule is COc1ccc(CC(=O)NCCCc2nn(-c3ccccc3)c(N)c2C#N)cc1. The molecule has 0 radical (unpaired) electrons. The second-order valence-electron chi connectivity index (χ2n) is 6.54. The van der Waals surface area contributed by atoms with Crippen molar-refractivity contribution in [2.45, 2.75) is 19.3 Å². The Morgan fingerprint density at radius 3 is 2.59 bits per heavy atom. The third kappa shape index (κ3) is 4.93. The molecule has 1 aromatic heterocycles. The number of amides is 1. The van der Waals surface area contributed by atoms with Crippen LogP contribution < -0.4 is 15.8 Å². The van der Waals surface area contributed by atoms with E-state index >= 15 is 0 Å². The number of nitrogen functional groups attached to an aromatic ring is 1. The minimum atomic E-state index is -0.0509. The Bertz CT molecular complexity index is 1000. The number of nitriles is 1. The molecule has 0 fully saturated rings. The predicted octanol–water partition coefficient (Wildman–Crippen LogP) is 2.63. The molecular weight excluding hydrogens is 366 g/mol. The van der Waals surface area contributed by atoms with E-state index in [1.807, 2.05) is 54.6 Å². The number of nitrogens with two attached hydrogens (primary N) is 1. The summed E-state index contributed by atoms with van der Waals surface area (Å²) in [6.07, 6.45) is 1.52. The van der Waals surface area contributed by atoms with Gasteiger partial charge in [0, 0.05) is 6.54 Å². The van der Waals surface area contributed by atoms with Gasteiger partial charge < -0.3 is 15.8 Å². The van der Waals surface area contributed by atoms with Crippen LogP contribution >= 0.6 is 0 Å². The molecule has 0 aliphatic carbocycles. The van der Waals surface area contributed by atoms with Gasteiger partial charge >= 0.3 is 0 Å². The van der Waals surface area contributed by atoms with E-state index in [0.717, 1.165) is 17.0 Å². The molecule has 1 amide bonds. The van der Waals surface area contributed by atoms with Gasteiger partial charge in [0.25, 0.3) is 0 Å². The first-order valence-corrected chi connectivity index (χ1v) is 9.35. The van der Waals surface area contributed by atoms with Gasteiger partial charge in [0.1, 0.15) is 23.2 Å². The Kier molecular flexibility index (Phi) is 6.48. The van der Waals surface area contributed by atoms with E-state index < -0.39 is 0 Å². The summed E-state index contributed by atoms with van der Waals surface area (Å²) in [5.74, 6) is 1.04. The van der Waals surface area contributed by atoms with Crippen molar-refractivity contribution in [3.63, 3.8) is 0 Å². The lowest BCUT2D eigenvalue weighted by atomic mass is 10.1. The molecule has 148 valence electrons. The highest BCUT2D eigenvalue weighted by molar-refractivity contribution is 5.78. The van der Waals surface area contributed by atoms with Gasteiger partial charge in [-0.15, -0.1) is 0 Å². The molecule has 7 heteroatoms. The number of ether oxygens (including phenoxy) is 1. The molecule has 0 bridgehead atoms. The van der Waals surface area contributed by atoms with Crippen LogP contribution in [0, 0.1) is 11.3 Å². The average Bonchev–Trinajstić information content (AvgIpc) is 3.07. The Hall–Kier alpha value is -3.79. The molecule has 3 N–H and O–H groups in total. The standard InChI is InChI=1S/C22H23N5O2/c1-29-18-11-9-16(10-12-18)14-21(28)25-13-5-8-20-19(15-23)22(24)27(26-20)17-6-3-2-4-7-17/h2-4,6-7,9-12H,5,8,13-14,24H2,1H3,(H,25,28). The number of carbonyl (C=O) groups is 1. The minimum Gasteiger partial charge on any atom is -0.497 e. The summed E-state index contributed by atoms with van der Waals surface area (Å²) in [7, 11) is 1.61. The number of methoxy groups -OCH3 is 1. The van der Waals surface area contributed by atoms with Crippen molar-refractivity contribution in [1.82, 2.24) is 15.1 Å². The molecule has 0 unspecified atom stereocenters. The minimum absolute atomic E-state index is 0.0509. The average molecular weight is 389 g/mol. The number of rotatable bonds is 8. The molecule has 2 aromatic carbocycles. The molecule has 0 atom stereocenters. The van der Waals surface area contributed by atoms with Crippen LogP contribution in [0.15, 0.2) is 54.6 Å². The molecule has 0 saturated carbocycles. The first-order valence-electron chi connectivity index (χ1n) is 9.35. The van der Waals surface area contributed by atoms with E-state index in [1.165, 1.54) is 0 Å². The first kappa shape index (κ1) is 20.0. The van der Waals surface area contributed by atoms with Gasteiger partial charge in [-0.05, 0) is 42.7 Å². The summed E-state index contributed by atoms with van der Waals surface area (Å²) in [6, 6.07) is 19.0. The van der Waals surface area contributed by atoms with E-state index in [0.29, 0.717) is 42.9 Å². The number of nitrogens with one attached hydrogen (secondary N) is 1. The number of aromatic nitrogens is 2. The summed E-state index contributed by atoms with van der Waals surface area (Å²) in [5.41, 5.74) is 8.86. The largest absolute Gasteiger partial charge is 0.497 e. The van der Waals surface area contributed by atoms with Crippen molar-refractivity contribution < 1.29 is 9.53 Å². The van der Waals surface area contributed by atoms with Gasteiger partial charge in [-0.2, -0.15) is 10.4 Å². The molecule has 3 rings (SSSR count). The fourth-order valence-electron chi connectivity index (χ4n) is 3.02. The quantitative estimate of drug-likeness (QED) is 0.576. The summed E-state index contributed by atoms with van der Waals surface area (Å²) in [5, 5.41) is 16.8. The fraction of sp³-hybridized carbons (Fsp3) is 0.227. The van der Waals surface area contributed by atoms with Crippen molar-refractivity contribution in [1.29, 1.82) is 5.26 Å². The van der Waals surface area contributed by atoms with Crippen molar-refractivity contribution in [3.8, 4) is 17.5 Å². The summed E-state index contributed by atoms with van der Waals surface area (Å²) >= 11 is 0. The molecule has 29 heavy (non-hydrogen) atoms. The predicted molar refractivity (Wildman–Crippen MR) is 111 cm³/mol.